The lowest BCUT2D eigenvalue weighted by atomic mass is 10.3. The van der Waals surface area contributed by atoms with Crippen molar-refractivity contribution in [1.29, 1.82) is 0 Å². The Balaban J connectivity index is 0.000000180. The maximum atomic E-state index is 8.36. The molecule has 0 aromatic carbocycles. The molecule has 1 N–H and O–H groups in total. The summed E-state index contributed by atoms with van der Waals surface area (Å²) >= 11 is 0. The lowest BCUT2D eigenvalue weighted by molar-refractivity contribution is -0.742. The van der Waals surface area contributed by atoms with Crippen molar-refractivity contribution in [2.45, 2.75) is 12.8 Å². The molecule has 0 spiro atoms. The number of rotatable bonds is 0. The van der Waals surface area contributed by atoms with E-state index in [-0.39, 0.29) is 0 Å². The molecule has 1 saturated heterocycles. The van der Waals surface area contributed by atoms with E-state index in [0.29, 0.717) is 0 Å². The molecule has 0 bridgehead atoms. The minimum Gasteiger partial charge on any atom is -0.328 e. The zero-order valence-electron chi connectivity index (χ0n) is 5.36. The highest BCUT2D eigenvalue weighted by molar-refractivity contribution is 4.36. The van der Waals surface area contributed by atoms with Crippen LogP contribution in [0, 0.1) is 10.1 Å². The molecule has 0 aromatic heterocycles. The van der Waals surface area contributed by atoms with Crippen molar-refractivity contribution < 1.29 is 20.1 Å². The van der Waals surface area contributed by atoms with Gasteiger partial charge in [0.2, 0.25) is 0 Å². The highest BCUT2D eigenvalue weighted by Gasteiger charge is 1.95. The van der Waals surface area contributed by atoms with Crippen LogP contribution < -0.4 is 0 Å². The van der Waals surface area contributed by atoms with Crippen molar-refractivity contribution in [3.8, 4) is 0 Å². The fraction of sp³-hybridized carbons (Fsp3) is 1.00. The molecule has 1 aliphatic heterocycles. The highest BCUT2D eigenvalue weighted by Crippen LogP contribution is 1.97. The van der Waals surface area contributed by atoms with Crippen LogP contribution in [0.4, 0.5) is 0 Å². The van der Waals surface area contributed by atoms with Gasteiger partial charge in [-0.1, -0.05) is 0 Å². The monoisotopic (exact) mass is 151 g/mol. The summed E-state index contributed by atoms with van der Waals surface area (Å²) in [4.78, 5) is 17.5. The molecule has 1 heterocycles. The minimum atomic E-state index is -1.50. The molecule has 0 radical (unpaired) electrons. The summed E-state index contributed by atoms with van der Waals surface area (Å²) in [5.41, 5.74) is 0. The fourth-order valence-corrected chi connectivity index (χ4v) is 0.440. The van der Waals surface area contributed by atoms with E-state index in [2.05, 4.69) is 9.78 Å². The van der Waals surface area contributed by atoms with E-state index >= 15 is 0 Å². The maximum absolute atomic E-state index is 8.36. The van der Waals surface area contributed by atoms with E-state index in [4.69, 9.17) is 15.3 Å². The fourth-order valence-electron chi connectivity index (χ4n) is 0.440. The van der Waals surface area contributed by atoms with Gasteiger partial charge in [-0.15, -0.1) is 10.1 Å². The average Bonchev–Trinajstić information content (AvgIpc) is 1.90. The molecule has 1 aliphatic rings. The quantitative estimate of drug-likeness (QED) is 0.307. The van der Waals surface area contributed by atoms with E-state index in [0.717, 1.165) is 26.1 Å². The van der Waals surface area contributed by atoms with Crippen molar-refractivity contribution in [3.05, 3.63) is 10.1 Å². The van der Waals surface area contributed by atoms with E-state index in [1.165, 1.54) is 0 Å². The van der Waals surface area contributed by atoms with Crippen LogP contribution in [-0.2, 0) is 9.78 Å². The molecular formula is C4H9NO5. The van der Waals surface area contributed by atoms with Gasteiger partial charge in [-0.3, -0.25) is 0 Å². The molecule has 0 aromatic rings. The van der Waals surface area contributed by atoms with E-state index in [9.17, 15) is 0 Å². The largest absolute Gasteiger partial charge is 0.328 e. The Hall–Kier alpha value is -0.880. The van der Waals surface area contributed by atoms with Crippen LogP contribution in [0.25, 0.3) is 0 Å². The van der Waals surface area contributed by atoms with Crippen molar-refractivity contribution in [3.63, 3.8) is 0 Å². The van der Waals surface area contributed by atoms with Crippen LogP contribution in [0.15, 0.2) is 0 Å². The summed E-state index contributed by atoms with van der Waals surface area (Å²) < 4.78 is 0. The third kappa shape index (κ3) is 10.2. The average molecular weight is 151 g/mol. The van der Waals surface area contributed by atoms with E-state index < -0.39 is 5.09 Å². The summed E-state index contributed by atoms with van der Waals surface area (Å²) in [6.45, 7) is 1.56. The zero-order chi connectivity index (χ0) is 7.82. The van der Waals surface area contributed by atoms with Gasteiger partial charge in [0.25, 0.3) is 5.09 Å². The molecule has 0 atom stereocenters. The van der Waals surface area contributed by atoms with Crippen LogP contribution in [0.1, 0.15) is 12.8 Å². The van der Waals surface area contributed by atoms with Crippen LogP contribution in [0.2, 0.25) is 0 Å². The Labute approximate surface area is 57.4 Å². The van der Waals surface area contributed by atoms with Gasteiger partial charge in [0.15, 0.2) is 0 Å². The standard InChI is InChI=1S/C4H8O2.HNO3/c1-2-4-6-5-3-1;2-1(3)4/h1-4H2;(H,2,3,4). The van der Waals surface area contributed by atoms with Crippen molar-refractivity contribution in [1.82, 2.24) is 0 Å². The molecule has 0 amide bonds. The minimum absolute atomic E-state index is 0.778. The van der Waals surface area contributed by atoms with Gasteiger partial charge >= 0.3 is 0 Å². The Morgan fingerprint density at radius 1 is 1.30 bits per heavy atom. The Bertz CT molecular complexity index is 76.1. The van der Waals surface area contributed by atoms with Gasteiger partial charge in [0.05, 0.1) is 13.2 Å². The normalized spacial score (nSPS) is 16.8. The predicted molar refractivity (Wildman–Crippen MR) is 29.9 cm³/mol. The summed E-state index contributed by atoms with van der Waals surface area (Å²) in [7, 11) is 0. The van der Waals surface area contributed by atoms with Crippen LogP contribution in [-0.4, -0.2) is 23.5 Å². The molecule has 1 rings (SSSR count). The topological polar surface area (TPSA) is 81.8 Å². The Morgan fingerprint density at radius 3 is 1.70 bits per heavy atom. The Kier molecular flexibility index (Phi) is 5.69. The summed E-state index contributed by atoms with van der Waals surface area (Å²) in [6.07, 6.45) is 2.31. The third-order valence-electron chi connectivity index (χ3n) is 0.789. The van der Waals surface area contributed by atoms with Gasteiger partial charge in [-0.25, -0.2) is 9.78 Å². The highest BCUT2D eigenvalue weighted by atomic mass is 17.2. The second kappa shape index (κ2) is 6.24. The first-order valence-electron chi connectivity index (χ1n) is 2.81. The molecule has 0 aliphatic carbocycles. The van der Waals surface area contributed by atoms with Gasteiger partial charge < -0.3 is 5.21 Å². The lowest BCUT2D eigenvalue weighted by Crippen LogP contribution is -2.05. The summed E-state index contributed by atoms with van der Waals surface area (Å²) in [5.74, 6) is 0. The first-order valence-corrected chi connectivity index (χ1v) is 2.81. The predicted octanol–water partition coefficient (Wildman–Crippen LogP) is 0.381. The van der Waals surface area contributed by atoms with E-state index in [1.807, 2.05) is 0 Å². The van der Waals surface area contributed by atoms with Crippen LogP contribution in [0.3, 0.4) is 0 Å². The Morgan fingerprint density at radius 2 is 1.60 bits per heavy atom. The zero-order valence-corrected chi connectivity index (χ0v) is 5.36. The maximum Gasteiger partial charge on any atom is 0.291 e. The van der Waals surface area contributed by atoms with Crippen LogP contribution in [0.5, 0.6) is 0 Å². The number of nitrogens with zero attached hydrogens (tertiary/aromatic N) is 1. The van der Waals surface area contributed by atoms with Crippen molar-refractivity contribution >= 4 is 0 Å². The number of hydrogen-bond donors (Lipinski definition) is 1. The molecule has 0 unspecified atom stereocenters. The van der Waals surface area contributed by atoms with Gasteiger partial charge in [-0.2, -0.15) is 0 Å². The second-order valence-corrected chi connectivity index (χ2v) is 1.59. The SMILES string of the molecule is C1CCOOC1.O=[N+]([O-])O. The molecule has 6 heteroatoms. The first kappa shape index (κ1) is 9.12. The number of hydrogen-bond acceptors (Lipinski definition) is 4. The van der Waals surface area contributed by atoms with E-state index in [1.54, 1.807) is 0 Å². The second-order valence-electron chi connectivity index (χ2n) is 1.59. The molecular weight excluding hydrogens is 142 g/mol. The van der Waals surface area contributed by atoms with Crippen molar-refractivity contribution in [2.24, 2.45) is 0 Å². The van der Waals surface area contributed by atoms with Crippen molar-refractivity contribution in [2.75, 3.05) is 13.2 Å². The molecule has 10 heavy (non-hydrogen) atoms. The smallest absolute Gasteiger partial charge is 0.291 e. The lowest BCUT2D eigenvalue weighted by Gasteiger charge is -2.07. The van der Waals surface area contributed by atoms with Gasteiger partial charge in [0, 0.05) is 0 Å². The summed E-state index contributed by atoms with van der Waals surface area (Å²) in [5, 5.41) is 13.6. The molecule has 0 saturated carbocycles. The third-order valence-corrected chi connectivity index (χ3v) is 0.789. The van der Waals surface area contributed by atoms with Gasteiger partial charge in [0.1, 0.15) is 0 Å². The molecule has 1 fully saturated rings. The molecule has 6 nitrogen and oxygen atoms in total. The molecule has 60 valence electrons. The van der Waals surface area contributed by atoms with Crippen LogP contribution >= 0.6 is 0 Å². The first-order chi connectivity index (χ1) is 4.73. The summed E-state index contributed by atoms with van der Waals surface area (Å²) in [6, 6.07) is 0. The van der Waals surface area contributed by atoms with Gasteiger partial charge in [-0.05, 0) is 12.8 Å².